The Morgan fingerprint density at radius 2 is 1.72 bits per heavy atom. The summed E-state index contributed by atoms with van der Waals surface area (Å²) < 4.78 is 0. The predicted molar refractivity (Wildman–Crippen MR) is 99.6 cm³/mol. The zero-order valence-corrected chi connectivity index (χ0v) is 15.5. The van der Waals surface area contributed by atoms with Crippen LogP contribution in [0, 0.1) is 11.8 Å². The normalized spacial score (nSPS) is 29.1. The molecule has 1 aromatic rings. The minimum Gasteiger partial charge on any atom is -0.371 e. The Hall–Kier alpha value is -1.88. The van der Waals surface area contributed by atoms with E-state index in [1.807, 2.05) is 26.0 Å². The molecule has 25 heavy (non-hydrogen) atoms. The molecule has 3 aliphatic heterocycles. The molecule has 3 atom stereocenters. The van der Waals surface area contributed by atoms with Crippen molar-refractivity contribution in [3.8, 4) is 0 Å². The first-order chi connectivity index (χ1) is 12.1. The van der Waals surface area contributed by atoms with Crippen LogP contribution in [0.1, 0.15) is 38.2 Å². The first-order valence-electron chi connectivity index (χ1n) is 9.47. The molecular weight excluding hydrogens is 314 g/mol. The van der Waals surface area contributed by atoms with E-state index in [2.05, 4.69) is 34.3 Å². The molecule has 3 aliphatic rings. The number of likely N-dealkylation sites (tertiary alicyclic amines) is 1. The maximum Gasteiger partial charge on any atom is 0.234 e. The Kier molecular flexibility index (Phi) is 5.42. The molecule has 1 aromatic carbocycles. The average Bonchev–Trinajstić information content (AvgIpc) is 3.14. The van der Waals surface area contributed by atoms with E-state index in [-0.39, 0.29) is 17.7 Å². The average molecular weight is 343 g/mol. The fraction of sp³-hybridized carbons (Fsp3) is 0.600. The quantitative estimate of drug-likeness (QED) is 0.837. The molecular formula is C20H29N3O2. The number of rotatable bonds is 2. The van der Waals surface area contributed by atoms with Crippen molar-refractivity contribution in [3.63, 3.8) is 0 Å². The third-order valence-corrected chi connectivity index (χ3v) is 5.55. The highest BCUT2D eigenvalue weighted by molar-refractivity contribution is 6.01. The number of hydrogen-bond acceptors (Lipinski definition) is 4. The molecule has 4 rings (SSSR count). The topological polar surface area (TPSA) is 52.6 Å². The molecule has 3 unspecified atom stereocenters. The molecule has 5 nitrogen and oxygen atoms in total. The predicted octanol–water partition coefficient (Wildman–Crippen LogP) is 2.23. The second kappa shape index (κ2) is 7.56. The Balaban J connectivity index is 0.000000880. The van der Waals surface area contributed by atoms with Crippen LogP contribution in [0.5, 0.6) is 0 Å². The molecule has 3 saturated heterocycles. The van der Waals surface area contributed by atoms with Crippen molar-refractivity contribution >= 4 is 17.5 Å². The van der Waals surface area contributed by atoms with Gasteiger partial charge < -0.3 is 9.80 Å². The standard InChI is InChI=1S/C18H23N3O2.C2H6/c1-20-8-13-10-21(11-14(13)9-20)15-4-2-3-12(7-15)16-5-6-17(22)19-18(16)23;1-2/h2-4,7,13-14,16H,5-6,8-11H2,1H3,(H,19,22,23);1-2H3. The molecule has 3 heterocycles. The number of amides is 2. The summed E-state index contributed by atoms with van der Waals surface area (Å²) in [4.78, 5) is 28.3. The number of benzene rings is 1. The lowest BCUT2D eigenvalue weighted by Gasteiger charge is -2.25. The molecule has 1 N–H and O–H groups in total. The lowest BCUT2D eigenvalue weighted by molar-refractivity contribution is -0.134. The van der Waals surface area contributed by atoms with Gasteiger partial charge in [0, 0.05) is 38.3 Å². The minimum atomic E-state index is -0.194. The summed E-state index contributed by atoms with van der Waals surface area (Å²) >= 11 is 0. The number of fused-ring (bicyclic) bond motifs is 1. The van der Waals surface area contributed by atoms with E-state index < -0.39 is 0 Å². The number of anilines is 1. The molecule has 3 fully saturated rings. The fourth-order valence-electron chi connectivity index (χ4n) is 4.39. The van der Waals surface area contributed by atoms with Crippen molar-refractivity contribution in [1.82, 2.24) is 10.2 Å². The van der Waals surface area contributed by atoms with E-state index in [4.69, 9.17) is 0 Å². The Morgan fingerprint density at radius 1 is 1.04 bits per heavy atom. The zero-order valence-electron chi connectivity index (χ0n) is 15.5. The van der Waals surface area contributed by atoms with Crippen molar-refractivity contribution in [1.29, 1.82) is 0 Å². The summed E-state index contributed by atoms with van der Waals surface area (Å²) in [5.41, 5.74) is 2.24. The Bertz CT molecular complexity index is 632. The van der Waals surface area contributed by atoms with Gasteiger partial charge in [0.15, 0.2) is 0 Å². The van der Waals surface area contributed by atoms with E-state index in [1.54, 1.807) is 0 Å². The Morgan fingerprint density at radius 3 is 2.36 bits per heavy atom. The van der Waals surface area contributed by atoms with Gasteiger partial charge in [-0.25, -0.2) is 0 Å². The van der Waals surface area contributed by atoms with Crippen LogP contribution < -0.4 is 10.2 Å². The smallest absolute Gasteiger partial charge is 0.234 e. The number of imide groups is 1. The number of nitrogens with zero attached hydrogens (tertiary/aromatic N) is 2. The second-order valence-corrected chi connectivity index (χ2v) is 7.25. The van der Waals surface area contributed by atoms with E-state index in [1.165, 1.54) is 18.8 Å². The van der Waals surface area contributed by atoms with E-state index >= 15 is 0 Å². The molecule has 136 valence electrons. The summed E-state index contributed by atoms with van der Waals surface area (Å²) in [6.45, 7) is 8.59. The minimum absolute atomic E-state index is 0.154. The van der Waals surface area contributed by atoms with Crippen LogP contribution in [-0.4, -0.2) is 49.9 Å². The number of carbonyl (C=O) groups excluding carboxylic acids is 2. The van der Waals surface area contributed by atoms with Gasteiger partial charge in [-0.1, -0.05) is 26.0 Å². The summed E-state index contributed by atoms with van der Waals surface area (Å²) in [5.74, 6) is 1.02. The second-order valence-electron chi connectivity index (χ2n) is 7.25. The third kappa shape index (κ3) is 3.71. The molecule has 0 saturated carbocycles. The van der Waals surface area contributed by atoms with Gasteiger partial charge in [-0.2, -0.15) is 0 Å². The van der Waals surface area contributed by atoms with Gasteiger partial charge in [-0.05, 0) is 43.0 Å². The third-order valence-electron chi connectivity index (χ3n) is 5.55. The number of nitrogens with one attached hydrogen (secondary N) is 1. The van der Waals surface area contributed by atoms with Crippen molar-refractivity contribution in [2.24, 2.45) is 11.8 Å². The van der Waals surface area contributed by atoms with Gasteiger partial charge in [0.25, 0.3) is 0 Å². The SMILES string of the molecule is CC.CN1CC2CN(c3cccc(C4CCC(=O)NC4=O)c3)CC2C1. The maximum absolute atomic E-state index is 12.1. The van der Waals surface area contributed by atoms with E-state index in [9.17, 15) is 9.59 Å². The van der Waals surface area contributed by atoms with Gasteiger partial charge in [0.2, 0.25) is 11.8 Å². The first-order valence-corrected chi connectivity index (χ1v) is 9.47. The number of piperidine rings is 1. The molecule has 2 amide bonds. The largest absolute Gasteiger partial charge is 0.371 e. The van der Waals surface area contributed by atoms with Crippen molar-refractivity contribution in [3.05, 3.63) is 29.8 Å². The van der Waals surface area contributed by atoms with Crippen LogP contribution in [0.15, 0.2) is 24.3 Å². The van der Waals surface area contributed by atoms with Crippen LogP contribution in [0.25, 0.3) is 0 Å². The molecule has 0 spiro atoms. The monoisotopic (exact) mass is 343 g/mol. The highest BCUT2D eigenvalue weighted by Crippen LogP contribution is 2.35. The highest BCUT2D eigenvalue weighted by atomic mass is 16.2. The molecule has 0 aromatic heterocycles. The zero-order chi connectivity index (χ0) is 18.0. The van der Waals surface area contributed by atoms with Crippen molar-refractivity contribution in [2.45, 2.75) is 32.6 Å². The summed E-state index contributed by atoms with van der Waals surface area (Å²) in [6, 6.07) is 8.33. The van der Waals surface area contributed by atoms with E-state index in [0.717, 1.165) is 30.5 Å². The van der Waals surface area contributed by atoms with Crippen LogP contribution in [0.3, 0.4) is 0 Å². The molecule has 0 radical (unpaired) electrons. The molecule has 5 heteroatoms. The van der Waals surface area contributed by atoms with Crippen molar-refractivity contribution < 1.29 is 9.59 Å². The summed E-state index contributed by atoms with van der Waals surface area (Å²) in [7, 11) is 2.20. The lowest BCUT2D eigenvalue weighted by atomic mass is 9.90. The number of carbonyl (C=O) groups is 2. The number of hydrogen-bond donors (Lipinski definition) is 1. The van der Waals surface area contributed by atoms with Gasteiger partial charge in [0.05, 0.1) is 5.92 Å². The van der Waals surface area contributed by atoms with E-state index in [0.29, 0.717) is 12.8 Å². The maximum atomic E-state index is 12.1. The summed E-state index contributed by atoms with van der Waals surface area (Å²) in [5, 5.41) is 2.46. The van der Waals surface area contributed by atoms with Crippen LogP contribution in [0.2, 0.25) is 0 Å². The van der Waals surface area contributed by atoms with Gasteiger partial charge in [-0.15, -0.1) is 0 Å². The van der Waals surface area contributed by atoms with Gasteiger partial charge >= 0.3 is 0 Å². The van der Waals surface area contributed by atoms with Gasteiger partial charge in [0.1, 0.15) is 0 Å². The Labute approximate surface area is 150 Å². The van der Waals surface area contributed by atoms with Crippen molar-refractivity contribution in [2.75, 3.05) is 38.1 Å². The van der Waals surface area contributed by atoms with Gasteiger partial charge in [-0.3, -0.25) is 14.9 Å². The highest BCUT2D eigenvalue weighted by Gasteiger charge is 2.38. The molecule has 0 bridgehead atoms. The van der Waals surface area contributed by atoms with Crippen LogP contribution >= 0.6 is 0 Å². The van der Waals surface area contributed by atoms with Crippen LogP contribution in [0.4, 0.5) is 5.69 Å². The fourth-order valence-corrected chi connectivity index (χ4v) is 4.39. The molecule has 0 aliphatic carbocycles. The first kappa shape index (κ1) is 17.9. The van der Waals surface area contributed by atoms with Crippen LogP contribution in [-0.2, 0) is 9.59 Å². The lowest BCUT2D eigenvalue weighted by Crippen LogP contribution is -2.39. The summed E-state index contributed by atoms with van der Waals surface area (Å²) in [6.07, 6.45) is 1.05.